The van der Waals surface area contributed by atoms with Gasteiger partial charge in [-0.25, -0.2) is 0 Å². The van der Waals surface area contributed by atoms with E-state index in [1.165, 1.54) is 6.20 Å². The predicted molar refractivity (Wildman–Crippen MR) is 116 cm³/mol. The molecule has 1 amide bonds. The molecule has 0 atom stereocenters. The summed E-state index contributed by atoms with van der Waals surface area (Å²) in [4.78, 5) is 12.9. The average molecular weight is 423 g/mol. The molecule has 30 heavy (non-hydrogen) atoms. The van der Waals surface area contributed by atoms with Crippen LogP contribution in [0.5, 0.6) is 5.75 Å². The topological polar surface area (TPSA) is 108 Å². The molecule has 0 spiro atoms. The molecule has 0 saturated heterocycles. The number of nitrogens with two attached hydrogens (primary N) is 1. The fourth-order valence-electron chi connectivity index (χ4n) is 3.19. The van der Waals surface area contributed by atoms with E-state index in [1.54, 1.807) is 36.1 Å². The molecule has 2 aromatic heterocycles. The maximum absolute atomic E-state index is 12.9. The quantitative estimate of drug-likeness (QED) is 0.493. The summed E-state index contributed by atoms with van der Waals surface area (Å²) < 4.78 is 7.42. The third kappa shape index (κ3) is 3.83. The Morgan fingerprint density at radius 1 is 1.23 bits per heavy atom. The van der Waals surface area contributed by atoms with E-state index in [4.69, 9.17) is 22.1 Å². The second-order valence-electron chi connectivity index (χ2n) is 6.54. The number of nitrogens with zero attached hydrogens (tertiary/aromatic N) is 4. The van der Waals surface area contributed by atoms with Crippen molar-refractivity contribution >= 4 is 34.1 Å². The van der Waals surface area contributed by atoms with Gasteiger partial charge in [0.25, 0.3) is 5.91 Å². The average Bonchev–Trinajstić information content (AvgIpc) is 3.10. The monoisotopic (exact) mass is 422 g/mol. The number of aryl methyl sites for hydroxylation is 1. The van der Waals surface area contributed by atoms with E-state index in [-0.39, 0.29) is 5.91 Å². The number of amides is 1. The van der Waals surface area contributed by atoms with Gasteiger partial charge in [0.1, 0.15) is 12.4 Å². The molecule has 4 rings (SSSR count). The number of halogens is 1. The lowest BCUT2D eigenvalue weighted by Gasteiger charge is -2.14. The number of ether oxygens (including phenoxy) is 1. The zero-order chi connectivity index (χ0) is 21.1. The SMILES string of the molecule is Cn1ncc(Cl)c1-c1cc(NC(=O)c2cnnc3ccccc23)ccc1OCCN. The Hall–Kier alpha value is -3.49. The molecule has 2 heterocycles. The largest absolute Gasteiger partial charge is 0.492 e. The molecule has 0 aliphatic carbocycles. The smallest absolute Gasteiger partial charge is 0.257 e. The number of carbonyl (C=O) groups is 1. The number of anilines is 1. The Kier molecular flexibility index (Phi) is 5.60. The van der Waals surface area contributed by atoms with E-state index < -0.39 is 0 Å². The minimum Gasteiger partial charge on any atom is -0.492 e. The van der Waals surface area contributed by atoms with Crippen LogP contribution in [0.2, 0.25) is 5.02 Å². The fourth-order valence-corrected chi connectivity index (χ4v) is 3.46. The molecule has 8 nitrogen and oxygen atoms in total. The van der Waals surface area contributed by atoms with E-state index >= 15 is 0 Å². The van der Waals surface area contributed by atoms with Gasteiger partial charge in [-0.05, 0) is 24.3 Å². The summed E-state index contributed by atoms with van der Waals surface area (Å²) in [5.41, 5.74) is 8.61. The van der Waals surface area contributed by atoms with E-state index in [9.17, 15) is 4.79 Å². The molecule has 0 bridgehead atoms. The fraction of sp³-hybridized carbons (Fsp3) is 0.143. The Morgan fingerprint density at radius 3 is 2.83 bits per heavy atom. The van der Waals surface area contributed by atoms with Crippen LogP contribution in [0.25, 0.3) is 22.2 Å². The van der Waals surface area contributed by atoms with Crippen molar-refractivity contribution in [2.45, 2.75) is 0 Å². The van der Waals surface area contributed by atoms with E-state index in [2.05, 4.69) is 20.6 Å². The second-order valence-corrected chi connectivity index (χ2v) is 6.95. The van der Waals surface area contributed by atoms with Crippen LogP contribution in [0.1, 0.15) is 10.4 Å². The standard InChI is InChI=1S/C21H19ClN6O2/c1-28-20(17(22)12-25-28)15-10-13(6-7-19(15)30-9-8-23)26-21(29)16-11-24-27-18-5-3-2-4-14(16)18/h2-7,10-12H,8-9,23H2,1H3,(H,26,29). The van der Waals surface area contributed by atoms with Gasteiger partial charge in [0.2, 0.25) is 0 Å². The van der Waals surface area contributed by atoms with Crippen molar-refractivity contribution in [1.29, 1.82) is 0 Å². The van der Waals surface area contributed by atoms with E-state index in [0.29, 0.717) is 51.9 Å². The summed E-state index contributed by atoms with van der Waals surface area (Å²) in [5, 5.41) is 16.3. The van der Waals surface area contributed by atoms with Crippen LogP contribution < -0.4 is 15.8 Å². The number of aromatic nitrogens is 4. The predicted octanol–water partition coefficient (Wildman–Crippen LogP) is 3.27. The first kappa shape index (κ1) is 19.8. The van der Waals surface area contributed by atoms with Gasteiger partial charge in [0.05, 0.1) is 34.2 Å². The van der Waals surface area contributed by atoms with Crippen LogP contribution in [-0.4, -0.2) is 39.0 Å². The number of hydrogen-bond acceptors (Lipinski definition) is 6. The highest BCUT2D eigenvalue weighted by Gasteiger charge is 2.17. The first-order valence-corrected chi connectivity index (χ1v) is 9.63. The van der Waals surface area contributed by atoms with Crippen LogP contribution in [0.3, 0.4) is 0 Å². The van der Waals surface area contributed by atoms with Gasteiger partial charge in [0.15, 0.2) is 0 Å². The summed E-state index contributed by atoms with van der Waals surface area (Å²) in [6, 6.07) is 12.7. The highest BCUT2D eigenvalue weighted by molar-refractivity contribution is 6.33. The maximum atomic E-state index is 12.9. The molecular weight excluding hydrogens is 404 g/mol. The Bertz CT molecular complexity index is 1200. The maximum Gasteiger partial charge on any atom is 0.257 e. The van der Waals surface area contributed by atoms with Gasteiger partial charge < -0.3 is 15.8 Å². The van der Waals surface area contributed by atoms with Gasteiger partial charge in [0, 0.05) is 30.2 Å². The van der Waals surface area contributed by atoms with Crippen molar-refractivity contribution in [3.05, 3.63) is 65.4 Å². The van der Waals surface area contributed by atoms with Crippen molar-refractivity contribution in [1.82, 2.24) is 20.0 Å². The molecular formula is C21H19ClN6O2. The highest BCUT2D eigenvalue weighted by atomic mass is 35.5. The van der Waals surface area contributed by atoms with Crippen molar-refractivity contribution < 1.29 is 9.53 Å². The summed E-state index contributed by atoms with van der Waals surface area (Å²) in [5.74, 6) is 0.304. The molecule has 0 aliphatic heterocycles. The summed E-state index contributed by atoms with van der Waals surface area (Å²) in [6.07, 6.45) is 3.01. The van der Waals surface area contributed by atoms with Gasteiger partial charge in [-0.2, -0.15) is 15.3 Å². The Morgan fingerprint density at radius 2 is 2.07 bits per heavy atom. The molecule has 0 aliphatic rings. The van der Waals surface area contributed by atoms with Gasteiger partial charge in [-0.3, -0.25) is 9.48 Å². The van der Waals surface area contributed by atoms with E-state index in [1.807, 2.05) is 24.3 Å². The zero-order valence-electron chi connectivity index (χ0n) is 16.2. The molecule has 4 aromatic rings. The first-order valence-electron chi connectivity index (χ1n) is 9.25. The van der Waals surface area contributed by atoms with Crippen molar-refractivity contribution in [3.8, 4) is 17.0 Å². The summed E-state index contributed by atoms with van der Waals surface area (Å²) in [7, 11) is 1.79. The molecule has 152 valence electrons. The number of hydrogen-bond donors (Lipinski definition) is 2. The normalized spacial score (nSPS) is 10.9. The molecule has 0 fully saturated rings. The number of carbonyl (C=O) groups excluding carboxylic acids is 1. The summed E-state index contributed by atoms with van der Waals surface area (Å²) in [6.45, 7) is 0.724. The van der Waals surface area contributed by atoms with Gasteiger partial charge in [-0.15, -0.1) is 0 Å². The Balaban J connectivity index is 1.71. The zero-order valence-corrected chi connectivity index (χ0v) is 16.9. The van der Waals surface area contributed by atoms with Crippen molar-refractivity contribution in [2.24, 2.45) is 12.8 Å². The van der Waals surface area contributed by atoms with Crippen LogP contribution in [0, 0.1) is 0 Å². The van der Waals surface area contributed by atoms with Crippen LogP contribution in [-0.2, 0) is 7.05 Å². The lowest BCUT2D eigenvalue weighted by molar-refractivity contribution is 0.102. The lowest BCUT2D eigenvalue weighted by atomic mass is 10.1. The number of nitrogens with one attached hydrogen (secondary N) is 1. The number of rotatable bonds is 6. The lowest BCUT2D eigenvalue weighted by Crippen LogP contribution is -2.14. The number of fused-ring (bicyclic) bond motifs is 1. The third-order valence-electron chi connectivity index (χ3n) is 4.55. The first-order chi connectivity index (χ1) is 14.6. The molecule has 9 heteroatoms. The molecule has 3 N–H and O–H groups in total. The van der Waals surface area contributed by atoms with E-state index in [0.717, 1.165) is 5.39 Å². The van der Waals surface area contributed by atoms with Gasteiger partial charge >= 0.3 is 0 Å². The van der Waals surface area contributed by atoms with Crippen molar-refractivity contribution in [3.63, 3.8) is 0 Å². The van der Waals surface area contributed by atoms with Crippen LogP contribution >= 0.6 is 11.6 Å². The molecule has 0 unspecified atom stereocenters. The molecule has 0 saturated carbocycles. The van der Waals surface area contributed by atoms with Crippen molar-refractivity contribution in [2.75, 3.05) is 18.5 Å². The second kappa shape index (κ2) is 8.48. The minimum atomic E-state index is -0.293. The van der Waals surface area contributed by atoms with Gasteiger partial charge in [-0.1, -0.05) is 29.8 Å². The number of benzene rings is 2. The third-order valence-corrected chi connectivity index (χ3v) is 4.83. The Labute approximate surface area is 177 Å². The summed E-state index contributed by atoms with van der Waals surface area (Å²) >= 11 is 6.34. The minimum absolute atomic E-state index is 0.293. The van der Waals surface area contributed by atoms with Crippen LogP contribution in [0.4, 0.5) is 5.69 Å². The molecule has 2 aromatic carbocycles. The highest BCUT2D eigenvalue weighted by Crippen LogP contribution is 2.36. The molecule has 0 radical (unpaired) electrons. The van der Waals surface area contributed by atoms with Crippen LogP contribution in [0.15, 0.2) is 54.9 Å².